The van der Waals surface area contributed by atoms with Crippen molar-refractivity contribution >= 4 is 11.8 Å². The Hall–Kier alpha value is -0.950. The van der Waals surface area contributed by atoms with Crippen LogP contribution >= 0.6 is 11.8 Å². The van der Waals surface area contributed by atoms with Gasteiger partial charge in [-0.25, -0.2) is 0 Å². The van der Waals surface area contributed by atoms with E-state index < -0.39 is 0 Å². The predicted molar refractivity (Wildman–Crippen MR) is 60.9 cm³/mol. The molecular formula is C12H14S. The van der Waals surface area contributed by atoms with E-state index in [-0.39, 0.29) is 0 Å². The van der Waals surface area contributed by atoms with Gasteiger partial charge in [0.1, 0.15) is 0 Å². The summed E-state index contributed by atoms with van der Waals surface area (Å²) in [7, 11) is 0. The zero-order valence-electron chi connectivity index (χ0n) is 8.03. The summed E-state index contributed by atoms with van der Waals surface area (Å²) >= 11 is 1.79. The third-order valence-electron chi connectivity index (χ3n) is 1.59. The van der Waals surface area contributed by atoms with Gasteiger partial charge in [-0.3, -0.25) is 0 Å². The lowest BCUT2D eigenvalue weighted by Crippen LogP contribution is -1.71. The third kappa shape index (κ3) is 3.51. The summed E-state index contributed by atoms with van der Waals surface area (Å²) < 4.78 is 0. The molecule has 0 nitrogen and oxygen atoms in total. The Labute approximate surface area is 84.4 Å². The van der Waals surface area contributed by atoms with E-state index in [4.69, 9.17) is 0 Å². The average molecular weight is 190 g/mol. The standard InChI is InChI=1S/C12H14S/c1-3-8-11(4-2)13-12-9-6-5-7-10-12/h3-10H,1-2H3. The molecule has 1 rings (SSSR count). The van der Waals surface area contributed by atoms with E-state index >= 15 is 0 Å². The molecule has 0 bridgehead atoms. The van der Waals surface area contributed by atoms with Gasteiger partial charge >= 0.3 is 0 Å². The minimum atomic E-state index is 1.29. The van der Waals surface area contributed by atoms with Crippen molar-refractivity contribution in [1.29, 1.82) is 0 Å². The van der Waals surface area contributed by atoms with Crippen molar-refractivity contribution in [2.75, 3.05) is 0 Å². The highest BCUT2D eigenvalue weighted by Crippen LogP contribution is 2.26. The smallest absolute Gasteiger partial charge is 0.0122 e. The summed E-state index contributed by atoms with van der Waals surface area (Å²) in [4.78, 5) is 2.57. The molecular weight excluding hydrogens is 176 g/mol. The largest absolute Gasteiger partial charge is 0.0905 e. The van der Waals surface area contributed by atoms with Crippen LogP contribution in [0.15, 0.2) is 58.4 Å². The second kappa shape index (κ2) is 5.65. The lowest BCUT2D eigenvalue weighted by molar-refractivity contribution is 1.47. The first-order valence-corrected chi connectivity index (χ1v) is 5.20. The van der Waals surface area contributed by atoms with E-state index in [1.165, 1.54) is 9.80 Å². The van der Waals surface area contributed by atoms with Crippen molar-refractivity contribution in [3.05, 3.63) is 53.5 Å². The maximum absolute atomic E-state index is 2.12. The van der Waals surface area contributed by atoms with E-state index in [9.17, 15) is 0 Å². The van der Waals surface area contributed by atoms with Gasteiger partial charge in [0.2, 0.25) is 0 Å². The van der Waals surface area contributed by atoms with Crippen LogP contribution in [-0.2, 0) is 0 Å². The zero-order valence-corrected chi connectivity index (χ0v) is 8.84. The molecule has 0 aliphatic heterocycles. The Kier molecular flexibility index (Phi) is 4.41. The van der Waals surface area contributed by atoms with Gasteiger partial charge in [0.25, 0.3) is 0 Å². The van der Waals surface area contributed by atoms with Gasteiger partial charge in [-0.05, 0) is 26.0 Å². The molecule has 0 aliphatic carbocycles. The number of thioether (sulfide) groups is 1. The lowest BCUT2D eigenvalue weighted by Gasteiger charge is -2.00. The minimum absolute atomic E-state index is 1.29. The van der Waals surface area contributed by atoms with Crippen molar-refractivity contribution < 1.29 is 0 Å². The number of benzene rings is 1. The number of rotatable bonds is 3. The number of hydrogen-bond donors (Lipinski definition) is 0. The van der Waals surface area contributed by atoms with Gasteiger partial charge < -0.3 is 0 Å². The summed E-state index contributed by atoms with van der Waals surface area (Å²) in [6.45, 7) is 4.10. The van der Waals surface area contributed by atoms with Crippen LogP contribution in [0.2, 0.25) is 0 Å². The van der Waals surface area contributed by atoms with Crippen molar-refractivity contribution in [2.45, 2.75) is 18.7 Å². The maximum atomic E-state index is 2.12. The molecule has 0 unspecified atom stereocenters. The maximum Gasteiger partial charge on any atom is 0.0122 e. The molecule has 1 heteroatoms. The van der Waals surface area contributed by atoms with Crippen LogP contribution in [-0.4, -0.2) is 0 Å². The highest BCUT2D eigenvalue weighted by Gasteiger charge is 1.93. The zero-order chi connectivity index (χ0) is 9.52. The van der Waals surface area contributed by atoms with Gasteiger partial charge in [0.05, 0.1) is 0 Å². The highest BCUT2D eigenvalue weighted by molar-refractivity contribution is 8.03. The molecule has 13 heavy (non-hydrogen) atoms. The van der Waals surface area contributed by atoms with Crippen LogP contribution in [0.1, 0.15) is 13.8 Å². The van der Waals surface area contributed by atoms with Crippen LogP contribution in [0.3, 0.4) is 0 Å². The molecule has 0 aliphatic rings. The third-order valence-corrected chi connectivity index (χ3v) is 2.71. The summed E-state index contributed by atoms with van der Waals surface area (Å²) in [6, 6.07) is 10.4. The van der Waals surface area contributed by atoms with Gasteiger partial charge in [-0.2, -0.15) is 0 Å². The first-order chi connectivity index (χ1) is 6.36. The topological polar surface area (TPSA) is 0 Å². The average Bonchev–Trinajstić information content (AvgIpc) is 2.19. The van der Waals surface area contributed by atoms with Gasteiger partial charge in [-0.15, -0.1) is 0 Å². The number of allylic oxidation sites excluding steroid dienone is 3. The van der Waals surface area contributed by atoms with Crippen LogP contribution in [0.4, 0.5) is 0 Å². The molecule has 0 amide bonds. The Bertz CT molecular complexity index is 296. The Morgan fingerprint density at radius 2 is 1.85 bits per heavy atom. The lowest BCUT2D eigenvalue weighted by atomic mass is 10.4. The fraction of sp³-hybridized carbons (Fsp3) is 0.167. The molecule has 0 saturated heterocycles. The van der Waals surface area contributed by atoms with E-state index in [0.29, 0.717) is 0 Å². The normalized spacial score (nSPS) is 12.3. The van der Waals surface area contributed by atoms with Crippen molar-refractivity contribution in [3.8, 4) is 0 Å². The van der Waals surface area contributed by atoms with Gasteiger partial charge in [0, 0.05) is 9.80 Å². The SMILES string of the molecule is CC=CC(=CC)Sc1ccccc1. The second-order valence-corrected chi connectivity index (χ2v) is 3.75. The monoisotopic (exact) mass is 190 g/mol. The van der Waals surface area contributed by atoms with Crippen LogP contribution < -0.4 is 0 Å². The molecule has 1 aromatic carbocycles. The van der Waals surface area contributed by atoms with Crippen molar-refractivity contribution in [2.24, 2.45) is 0 Å². The molecule has 0 heterocycles. The Morgan fingerprint density at radius 3 is 2.38 bits per heavy atom. The van der Waals surface area contributed by atoms with Crippen molar-refractivity contribution in [3.63, 3.8) is 0 Å². The Morgan fingerprint density at radius 1 is 1.15 bits per heavy atom. The quantitative estimate of drug-likeness (QED) is 0.507. The molecule has 0 radical (unpaired) electrons. The van der Waals surface area contributed by atoms with Gasteiger partial charge in [-0.1, -0.05) is 48.2 Å². The number of hydrogen-bond acceptors (Lipinski definition) is 1. The van der Waals surface area contributed by atoms with E-state index in [0.717, 1.165) is 0 Å². The van der Waals surface area contributed by atoms with E-state index in [1.807, 2.05) is 13.0 Å². The predicted octanol–water partition coefficient (Wildman–Crippen LogP) is 4.26. The van der Waals surface area contributed by atoms with Crippen molar-refractivity contribution in [1.82, 2.24) is 0 Å². The Balaban J connectivity index is 2.68. The second-order valence-electron chi connectivity index (χ2n) is 2.61. The molecule has 0 N–H and O–H groups in total. The molecule has 68 valence electrons. The van der Waals surface area contributed by atoms with Crippen LogP contribution in [0.25, 0.3) is 0 Å². The highest BCUT2D eigenvalue weighted by atomic mass is 32.2. The van der Waals surface area contributed by atoms with E-state index in [2.05, 4.69) is 49.4 Å². The first-order valence-electron chi connectivity index (χ1n) is 4.38. The van der Waals surface area contributed by atoms with E-state index in [1.54, 1.807) is 11.8 Å². The minimum Gasteiger partial charge on any atom is -0.0905 e. The first kappa shape index (κ1) is 10.1. The summed E-state index contributed by atoms with van der Waals surface area (Å²) in [5.41, 5.74) is 0. The molecule has 0 saturated carbocycles. The van der Waals surface area contributed by atoms with Crippen LogP contribution in [0, 0.1) is 0 Å². The molecule has 0 aromatic heterocycles. The fourth-order valence-electron chi connectivity index (χ4n) is 0.978. The molecule has 0 atom stereocenters. The van der Waals surface area contributed by atoms with Crippen LogP contribution in [0.5, 0.6) is 0 Å². The summed E-state index contributed by atoms with van der Waals surface area (Å²) in [6.07, 6.45) is 6.31. The fourth-order valence-corrected chi connectivity index (χ4v) is 1.87. The van der Waals surface area contributed by atoms with Gasteiger partial charge in [0.15, 0.2) is 0 Å². The summed E-state index contributed by atoms with van der Waals surface area (Å²) in [5, 5.41) is 0. The molecule has 0 fully saturated rings. The molecule has 1 aromatic rings. The summed E-state index contributed by atoms with van der Waals surface area (Å²) in [5.74, 6) is 0. The molecule has 0 spiro atoms.